The molecule has 4 aliphatic rings. The van der Waals surface area contributed by atoms with Gasteiger partial charge in [0.15, 0.2) is 17.5 Å². The van der Waals surface area contributed by atoms with Gasteiger partial charge in [0, 0.05) is 43.1 Å². The minimum Gasteiger partial charge on any atom is -0.369 e. The molecule has 1 spiro atoms. The highest BCUT2D eigenvalue weighted by Gasteiger charge is 2.70. The van der Waals surface area contributed by atoms with Gasteiger partial charge < -0.3 is 10.2 Å². The van der Waals surface area contributed by atoms with Crippen molar-refractivity contribution in [3.63, 3.8) is 0 Å². The Hall–Kier alpha value is -3.17. The van der Waals surface area contributed by atoms with Crippen LogP contribution in [0.4, 0.5) is 24.8 Å². The monoisotopic (exact) mass is 495 g/mol. The molecule has 10 heteroatoms. The van der Waals surface area contributed by atoms with Gasteiger partial charge in [0.05, 0.1) is 17.6 Å². The number of aryl methyl sites for hydroxylation is 2. The van der Waals surface area contributed by atoms with Gasteiger partial charge in [0.2, 0.25) is 5.95 Å². The molecule has 0 bridgehead atoms. The second-order valence-corrected chi connectivity index (χ2v) is 10.9. The highest BCUT2D eigenvalue weighted by Crippen LogP contribution is 2.68. The number of rotatable bonds is 4. The molecule has 5 atom stereocenters. The van der Waals surface area contributed by atoms with Crippen LogP contribution in [0.1, 0.15) is 55.1 Å². The first-order valence-electron chi connectivity index (χ1n) is 12.8. The third-order valence-electron chi connectivity index (χ3n) is 9.16. The Balaban J connectivity index is 1.14. The van der Waals surface area contributed by atoms with Gasteiger partial charge in [-0.3, -0.25) is 0 Å². The summed E-state index contributed by atoms with van der Waals surface area (Å²) >= 11 is 0. The Kier molecular flexibility index (Phi) is 4.85. The average molecular weight is 496 g/mol. The summed E-state index contributed by atoms with van der Waals surface area (Å²) in [6, 6.07) is 4.71. The molecule has 7 rings (SSSR count). The van der Waals surface area contributed by atoms with Crippen LogP contribution in [0.3, 0.4) is 0 Å². The Bertz CT molecular complexity index is 1340. The van der Waals surface area contributed by atoms with E-state index in [9.17, 15) is 13.2 Å². The Morgan fingerprint density at radius 3 is 2.78 bits per heavy atom. The maximum atomic E-state index is 14.7. The van der Waals surface area contributed by atoms with Crippen LogP contribution in [0.5, 0.6) is 0 Å². The zero-order chi connectivity index (χ0) is 24.6. The van der Waals surface area contributed by atoms with E-state index in [1.165, 1.54) is 18.9 Å². The number of nitrogens with one attached hydrogen (secondary N) is 1. The molecule has 0 radical (unpaired) electrons. The second kappa shape index (κ2) is 7.91. The zero-order valence-corrected chi connectivity index (χ0v) is 20.1. The van der Waals surface area contributed by atoms with E-state index in [0.717, 1.165) is 43.4 Å². The van der Waals surface area contributed by atoms with Crippen molar-refractivity contribution in [2.45, 2.75) is 57.5 Å². The van der Waals surface area contributed by atoms with Crippen molar-refractivity contribution in [3.05, 3.63) is 58.9 Å². The van der Waals surface area contributed by atoms with E-state index < -0.39 is 23.4 Å². The SMILES string of the molecule is Cc1cc(N2C[C@H]3[C@H](Nc4nc5n(n4)CCCC[C@@H]5c4ccc(F)c(F)c4F)C4CCC43C2)cnn1. The molecular weight excluding hydrogens is 467 g/mol. The van der Waals surface area contributed by atoms with Gasteiger partial charge in [-0.1, -0.05) is 12.5 Å². The molecule has 4 heterocycles. The van der Waals surface area contributed by atoms with E-state index in [2.05, 4.69) is 26.5 Å². The summed E-state index contributed by atoms with van der Waals surface area (Å²) in [5.74, 6) is -1.96. The normalized spacial score (nSPS) is 30.5. The number of aromatic nitrogens is 5. The van der Waals surface area contributed by atoms with E-state index in [0.29, 0.717) is 42.0 Å². The molecule has 2 aliphatic heterocycles. The first-order chi connectivity index (χ1) is 17.4. The number of nitrogens with zero attached hydrogens (tertiary/aromatic N) is 6. The molecule has 1 N–H and O–H groups in total. The fraction of sp³-hybridized carbons (Fsp3) is 0.538. The van der Waals surface area contributed by atoms with Crippen molar-refractivity contribution >= 4 is 11.6 Å². The van der Waals surface area contributed by atoms with Gasteiger partial charge >= 0.3 is 0 Å². The molecule has 2 saturated carbocycles. The summed E-state index contributed by atoms with van der Waals surface area (Å²) in [5.41, 5.74) is 2.52. The van der Waals surface area contributed by atoms with Crippen LogP contribution in [-0.2, 0) is 6.54 Å². The fourth-order valence-corrected chi connectivity index (χ4v) is 7.33. The number of hydrogen-bond acceptors (Lipinski definition) is 6. The number of hydrogen-bond donors (Lipinski definition) is 1. The lowest BCUT2D eigenvalue weighted by Crippen LogP contribution is -2.68. The summed E-state index contributed by atoms with van der Waals surface area (Å²) < 4.78 is 44.1. The summed E-state index contributed by atoms with van der Waals surface area (Å²) in [4.78, 5) is 7.22. The topological polar surface area (TPSA) is 71.8 Å². The smallest absolute Gasteiger partial charge is 0.242 e. The second-order valence-electron chi connectivity index (χ2n) is 10.9. The third kappa shape index (κ3) is 3.12. The first kappa shape index (κ1) is 22.1. The van der Waals surface area contributed by atoms with Crippen LogP contribution in [0, 0.1) is 41.6 Å². The quantitative estimate of drug-likeness (QED) is 0.540. The van der Waals surface area contributed by atoms with Crippen LogP contribution in [0.2, 0.25) is 0 Å². The van der Waals surface area contributed by atoms with Gasteiger partial charge in [0.1, 0.15) is 5.82 Å². The van der Waals surface area contributed by atoms with Crippen LogP contribution < -0.4 is 10.2 Å². The Morgan fingerprint density at radius 1 is 1.08 bits per heavy atom. The number of anilines is 2. The summed E-state index contributed by atoms with van der Waals surface area (Å²) in [6.07, 6.45) is 6.60. The molecule has 188 valence electrons. The van der Waals surface area contributed by atoms with E-state index in [1.807, 2.05) is 17.8 Å². The Labute approximate surface area is 207 Å². The van der Waals surface area contributed by atoms with Crippen molar-refractivity contribution in [2.24, 2.45) is 17.3 Å². The summed E-state index contributed by atoms with van der Waals surface area (Å²) in [7, 11) is 0. The molecule has 3 aromatic rings. The maximum absolute atomic E-state index is 14.7. The van der Waals surface area contributed by atoms with Crippen molar-refractivity contribution in [3.8, 4) is 0 Å². The molecule has 2 unspecified atom stereocenters. The van der Waals surface area contributed by atoms with Gasteiger partial charge in [-0.05, 0) is 56.1 Å². The lowest BCUT2D eigenvalue weighted by atomic mass is 9.41. The molecule has 1 aromatic carbocycles. The molecule has 1 saturated heterocycles. The molecule has 2 aromatic heterocycles. The van der Waals surface area contributed by atoms with Crippen molar-refractivity contribution in [2.75, 3.05) is 23.3 Å². The molecule has 0 amide bonds. The van der Waals surface area contributed by atoms with Crippen LogP contribution in [0.15, 0.2) is 24.4 Å². The average Bonchev–Trinajstić information content (AvgIpc) is 3.39. The number of halogens is 3. The van der Waals surface area contributed by atoms with Crippen LogP contribution in [-0.4, -0.2) is 44.1 Å². The standard InChI is InChI=1S/C26H28F3N7/c1-14-10-15(11-30-33-14)35-12-19-23(18-7-8-26(18,19)13-35)31-25-32-24-17(4-2-3-9-36(24)34-25)16-5-6-20(27)22(29)21(16)28/h5-6,10-11,17-19,23H,2-4,7-9,12-13H2,1H3,(H,31,34)/t17-,18?,19+,23-,26?/m1/s1. The molecule has 36 heavy (non-hydrogen) atoms. The number of fused-ring (bicyclic) bond motifs is 1. The van der Waals surface area contributed by atoms with Crippen molar-refractivity contribution < 1.29 is 13.2 Å². The lowest BCUT2D eigenvalue weighted by molar-refractivity contribution is -0.117. The minimum atomic E-state index is -1.43. The van der Waals surface area contributed by atoms with E-state index >= 15 is 0 Å². The van der Waals surface area contributed by atoms with E-state index in [4.69, 9.17) is 10.1 Å². The molecule has 3 fully saturated rings. The van der Waals surface area contributed by atoms with Crippen molar-refractivity contribution in [1.82, 2.24) is 25.0 Å². The minimum absolute atomic E-state index is 0.144. The molecule has 2 aliphatic carbocycles. The molecular formula is C26H28F3N7. The highest BCUT2D eigenvalue weighted by molar-refractivity contribution is 5.50. The van der Waals surface area contributed by atoms with Gasteiger partial charge in [-0.15, -0.1) is 5.10 Å². The first-order valence-corrected chi connectivity index (χ1v) is 12.8. The van der Waals surface area contributed by atoms with Crippen molar-refractivity contribution in [1.29, 1.82) is 0 Å². The van der Waals surface area contributed by atoms with Crippen LogP contribution in [0.25, 0.3) is 0 Å². The predicted molar refractivity (Wildman–Crippen MR) is 127 cm³/mol. The number of benzene rings is 1. The largest absolute Gasteiger partial charge is 0.369 e. The predicted octanol–water partition coefficient (Wildman–Crippen LogP) is 4.44. The maximum Gasteiger partial charge on any atom is 0.242 e. The van der Waals surface area contributed by atoms with Gasteiger partial charge in [-0.25, -0.2) is 17.9 Å². The highest BCUT2D eigenvalue weighted by atomic mass is 19.2. The zero-order valence-electron chi connectivity index (χ0n) is 20.1. The lowest BCUT2D eigenvalue weighted by Gasteiger charge is -2.65. The summed E-state index contributed by atoms with van der Waals surface area (Å²) in [5, 5.41) is 16.6. The fourth-order valence-electron chi connectivity index (χ4n) is 7.33. The molecule has 7 nitrogen and oxygen atoms in total. The van der Waals surface area contributed by atoms with E-state index in [1.54, 1.807) is 0 Å². The Morgan fingerprint density at radius 2 is 1.97 bits per heavy atom. The third-order valence-corrected chi connectivity index (χ3v) is 9.16. The summed E-state index contributed by atoms with van der Waals surface area (Å²) in [6.45, 7) is 4.63. The van der Waals surface area contributed by atoms with Crippen LogP contribution >= 0.6 is 0 Å². The van der Waals surface area contributed by atoms with E-state index in [-0.39, 0.29) is 11.6 Å². The van der Waals surface area contributed by atoms with Gasteiger partial charge in [-0.2, -0.15) is 15.2 Å². The van der Waals surface area contributed by atoms with Gasteiger partial charge in [0.25, 0.3) is 0 Å².